The van der Waals surface area contributed by atoms with Crippen molar-refractivity contribution in [3.63, 3.8) is 0 Å². The third-order valence-corrected chi connectivity index (χ3v) is 0. The predicted octanol–water partition coefficient (Wildman–Crippen LogP) is 0.983. The van der Waals surface area contributed by atoms with E-state index in [1.807, 2.05) is 41.5 Å². The van der Waals surface area contributed by atoms with Crippen LogP contribution in [0.4, 0.5) is 0 Å². The van der Waals surface area contributed by atoms with E-state index in [1.165, 1.54) is 0 Å². The molecule has 0 fully saturated rings. The summed E-state index contributed by atoms with van der Waals surface area (Å²) in [5.41, 5.74) is 0. The van der Waals surface area contributed by atoms with Crippen molar-refractivity contribution < 1.29 is 58.2 Å². The van der Waals surface area contributed by atoms with Gasteiger partial charge in [0.2, 0.25) is 0 Å². The molecule has 58 valence electrons. The second-order valence-corrected chi connectivity index (χ2v) is 0. The molecule has 0 nitrogen and oxygen atoms in total. The summed E-state index contributed by atoms with van der Waals surface area (Å²) in [6, 6.07) is 0. The van der Waals surface area contributed by atoms with Crippen LogP contribution in [0.2, 0.25) is 0 Å². The Labute approximate surface area is 113 Å². The molecule has 0 unspecified atom stereocenters. The minimum absolute atomic E-state index is 0. The van der Waals surface area contributed by atoms with Gasteiger partial charge in [0.05, 0.1) is 0 Å². The Morgan fingerprint density at radius 1 is 0.444 bits per heavy atom. The molecule has 0 N–H and O–H groups in total. The van der Waals surface area contributed by atoms with Gasteiger partial charge in [0, 0.05) is 0 Å². The van der Waals surface area contributed by atoms with Gasteiger partial charge in [-0.2, -0.15) is 0 Å². The van der Waals surface area contributed by atoms with Crippen molar-refractivity contribution in [2.75, 3.05) is 0 Å². The normalized spacial score (nSPS) is 2.00. The van der Waals surface area contributed by atoms with Crippen molar-refractivity contribution in [3.8, 4) is 0 Å². The second-order valence-electron chi connectivity index (χ2n) is 0. The maximum Gasteiger partial charge on any atom is 1.00 e. The van der Waals surface area contributed by atoms with Gasteiger partial charge in [-0.05, 0) is 0 Å². The minimum atomic E-state index is 0. The standard InChI is InChI=1S/3C2H6.2CH3.Rb/c3*1-2;;;/h3*1-2H3;2*1H3;/q;;;2*-1;+1. The van der Waals surface area contributed by atoms with Gasteiger partial charge >= 0.3 is 58.2 Å². The summed E-state index contributed by atoms with van der Waals surface area (Å²) in [5.74, 6) is 0. The maximum absolute atomic E-state index is 2.00. The summed E-state index contributed by atoms with van der Waals surface area (Å²) < 4.78 is 0. The van der Waals surface area contributed by atoms with Crippen molar-refractivity contribution in [3.05, 3.63) is 14.9 Å². The Morgan fingerprint density at radius 2 is 0.444 bits per heavy atom. The fraction of sp³-hybridized carbons (Fsp3) is 0.750. The average Bonchev–Trinajstić information content (AvgIpc) is 1.81. The van der Waals surface area contributed by atoms with Crippen LogP contribution in [-0.4, -0.2) is 0 Å². The molecule has 0 atom stereocenters. The van der Waals surface area contributed by atoms with Gasteiger partial charge in [0.15, 0.2) is 0 Å². The molecule has 0 rings (SSSR count). The van der Waals surface area contributed by atoms with Crippen LogP contribution in [-0.2, 0) is 0 Å². The summed E-state index contributed by atoms with van der Waals surface area (Å²) in [6.45, 7) is 12.0. The smallest absolute Gasteiger partial charge is 0.358 e. The zero-order chi connectivity index (χ0) is 6.00. The van der Waals surface area contributed by atoms with E-state index in [2.05, 4.69) is 0 Å². The second kappa shape index (κ2) is 233. The Hall–Kier alpha value is 1.81. The topological polar surface area (TPSA) is 0 Å². The largest absolute Gasteiger partial charge is 1.00 e. The van der Waals surface area contributed by atoms with Crippen LogP contribution in [0.1, 0.15) is 41.5 Å². The summed E-state index contributed by atoms with van der Waals surface area (Å²) in [6.07, 6.45) is 0. The Balaban J connectivity index is -0.00000000321. The van der Waals surface area contributed by atoms with Crippen LogP contribution >= 0.6 is 0 Å². The molecule has 0 aliphatic carbocycles. The van der Waals surface area contributed by atoms with Crippen LogP contribution in [0, 0.1) is 14.9 Å². The molecule has 0 aromatic rings. The van der Waals surface area contributed by atoms with Gasteiger partial charge in [-0.3, -0.25) is 0 Å². The van der Waals surface area contributed by atoms with Gasteiger partial charge in [-0.25, -0.2) is 0 Å². The Bertz CT molecular complexity index is 4.53. The van der Waals surface area contributed by atoms with E-state index in [-0.39, 0.29) is 73.0 Å². The molecule has 9 heavy (non-hydrogen) atoms. The Kier molecular flexibility index (Phi) is 1170. The van der Waals surface area contributed by atoms with Crippen LogP contribution in [0.5, 0.6) is 0 Å². The van der Waals surface area contributed by atoms with Gasteiger partial charge in [0.25, 0.3) is 0 Å². The molecule has 0 radical (unpaired) electrons. The first kappa shape index (κ1) is 45.0. The van der Waals surface area contributed by atoms with Gasteiger partial charge in [-0.1, -0.05) is 41.5 Å². The van der Waals surface area contributed by atoms with Gasteiger partial charge in [0.1, 0.15) is 0 Å². The minimum Gasteiger partial charge on any atom is -0.358 e. The molecule has 0 heterocycles. The van der Waals surface area contributed by atoms with Crippen molar-refractivity contribution in [1.82, 2.24) is 0 Å². The molecule has 0 saturated carbocycles. The van der Waals surface area contributed by atoms with Crippen molar-refractivity contribution in [1.29, 1.82) is 0 Å². The van der Waals surface area contributed by atoms with Crippen LogP contribution in [0.3, 0.4) is 0 Å². The first-order valence-electron chi connectivity index (χ1n) is 3.00. The third kappa shape index (κ3) is 183. The molecule has 0 aliphatic heterocycles. The molecular formula is C8H24Rb-. The summed E-state index contributed by atoms with van der Waals surface area (Å²) in [5, 5.41) is 0. The van der Waals surface area contributed by atoms with Crippen molar-refractivity contribution >= 4 is 0 Å². The van der Waals surface area contributed by atoms with Gasteiger partial charge in [-0.15, -0.1) is 0 Å². The zero-order valence-electron chi connectivity index (χ0n) is 9.00. The molecule has 0 bridgehead atoms. The SMILES string of the molecule is CC.CC.CC.[CH3-].[CH3-].[Rb+]. The third-order valence-electron chi connectivity index (χ3n) is 0. The van der Waals surface area contributed by atoms with E-state index in [1.54, 1.807) is 0 Å². The monoisotopic (exact) mass is 205 g/mol. The number of hydrogen-bond acceptors (Lipinski definition) is 0. The fourth-order valence-corrected chi connectivity index (χ4v) is 0. The first-order chi connectivity index (χ1) is 3.00. The summed E-state index contributed by atoms with van der Waals surface area (Å²) >= 11 is 0. The van der Waals surface area contributed by atoms with Crippen LogP contribution in [0.25, 0.3) is 0 Å². The zero-order valence-corrected chi connectivity index (χ0v) is 13.9. The van der Waals surface area contributed by atoms with Crippen LogP contribution in [0.15, 0.2) is 0 Å². The van der Waals surface area contributed by atoms with Crippen molar-refractivity contribution in [2.45, 2.75) is 41.5 Å². The maximum atomic E-state index is 2.00. The van der Waals surface area contributed by atoms with Gasteiger partial charge < -0.3 is 14.9 Å². The molecule has 0 amide bonds. The molecular weight excluding hydrogens is 182 g/mol. The quantitative estimate of drug-likeness (QED) is 0.518. The average molecular weight is 206 g/mol. The molecule has 1 heteroatoms. The molecule has 0 aromatic carbocycles. The molecule has 0 spiro atoms. The number of hydrogen-bond donors (Lipinski definition) is 0. The summed E-state index contributed by atoms with van der Waals surface area (Å²) in [4.78, 5) is 0. The molecule has 0 aromatic heterocycles. The Morgan fingerprint density at radius 3 is 0.444 bits per heavy atom. The van der Waals surface area contributed by atoms with Crippen LogP contribution < -0.4 is 58.2 Å². The molecule has 0 saturated heterocycles. The molecule has 0 aliphatic rings. The van der Waals surface area contributed by atoms with E-state index >= 15 is 0 Å². The fourth-order valence-electron chi connectivity index (χ4n) is 0. The van der Waals surface area contributed by atoms with E-state index in [0.29, 0.717) is 0 Å². The number of rotatable bonds is 0. The van der Waals surface area contributed by atoms with E-state index in [4.69, 9.17) is 0 Å². The van der Waals surface area contributed by atoms with Crippen molar-refractivity contribution in [2.24, 2.45) is 0 Å². The van der Waals surface area contributed by atoms with E-state index in [0.717, 1.165) is 0 Å². The van der Waals surface area contributed by atoms with E-state index in [9.17, 15) is 0 Å². The summed E-state index contributed by atoms with van der Waals surface area (Å²) in [7, 11) is 0. The predicted molar refractivity (Wildman–Crippen MR) is 46.9 cm³/mol. The first-order valence-corrected chi connectivity index (χ1v) is 3.00. The van der Waals surface area contributed by atoms with E-state index < -0.39 is 0 Å².